The maximum atomic E-state index is 11.5. The molecule has 1 nitrogen and oxygen atoms in total. The van der Waals surface area contributed by atoms with E-state index >= 15 is 0 Å². The van der Waals surface area contributed by atoms with Gasteiger partial charge in [0.1, 0.15) is 5.78 Å². The maximum Gasteiger partial charge on any atom is 0.133 e. The fraction of sp³-hybridized carbons (Fsp3) is 0.750. The van der Waals surface area contributed by atoms with Crippen LogP contribution in [-0.2, 0) is 4.79 Å². The van der Waals surface area contributed by atoms with E-state index in [1.165, 1.54) is 25.7 Å². The Balaban J connectivity index is 1.99. The molecule has 2 saturated carbocycles. The molecular formula is C12H16O. The van der Waals surface area contributed by atoms with Crippen molar-refractivity contribution in [2.45, 2.75) is 44.9 Å². The summed E-state index contributed by atoms with van der Waals surface area (Å²) in [6, 6.07) is 0. The highest BCUT2D eigenvalue weighted by Gasteiger charge is 2.57. The maximum absolute atomic E-state index is 11.5. The third-order valence-corrected chi connectivity index (χ3v) is 4.57. The Labute approximate surface area is 79.2 Å². The van der Waals surface area contributed by atoms with Gasteiger partial charge in [-0.3, -0.25) is 4.79 Å². The molecule has 3 aliphatic rings. The van der Waals surface area contributed by atoms with Gasteiger partial charge in [0.25, 0.3) is 0 Å². The van der Waals surface area contributed by atoms with Crippen molar-refractivity contribution < 1.29 is 4.79 Å². The van der Waals surface area contributed by atoms with Crippen LogP contribution >= 0.6 is 0 Å². The Morgan fingerprint density at radius 1 is 1.00 bits per heavy atom. The lowest BCUT2D eigenvalue weighted by Gasteiger charge is -2.59. The van der Waals surface area contributed by atoms with Gasteiger partial charge in [-0.25, -0.2) is 0 Å². The molecule has 0 unspecified atom stereocenters. The normalized spacial score (nSPS) is 47.8. The molecule has 0 heterocycles. The molecule has 0 bridgehead atoms. The Hall–Kier alpha value is -0.590. The van der Waals surface area contributed by atoms with Crippen molar-refractivity contribution >= 4 is 5.78 Å². The average molecular weight is 176 g/mol. The van der Waals surface area contributed by atoms with Crippen molar-refractivity contribution in [3.8, 4) is 0 Å². The van der Waals surface area contributed by atoms with Gasteiger partial charge in [-0.1, -0.05) is 25.0 Å². The van der Waals surface area contributed by atoms with Gasteiger partial charge >= 0.3 is 0 Å². The Bertz CT molecular complexity index is 291. The Morgan fingerprint density at radius 3 is 2.38 bits per heavy atom. The van der Waals surface area contributed by atoms with E-state index in [2.05, 4.69) is 12.2 Å². The lowest BCUT2D eigenvalue weighted by atomic mass is 9.44. The molecule has 0 aliphatic heterocycles. The number of hydrogen-bond donors (Lipinski definition) is 0. The van der Waals surface area contributed by atoms with E-state index in [4.69, 9.17) is 0 Å². The van der Waals surface area contributed by atoms with Crippen LogP contribution < -0.4 is 0 Å². The van der Waals surface area contributed by atoms with Gasteiger partial charge in [0.05, 0.1) is 0 Å². The summed E-state index contributed by atoms with van der Waals surface area (Å²) in [6.45, 7) is 0. The summed E-state index contributed by atoms with van der Waals surface area (Å²) in [4.78, 5) is 11.5. The first kappa shape index (κ1) is 7.78. The van der Waals surface area contributed by atoms with Crippen LogP contribution in [-0.4, -0.2) is 5.78 Å². The summed E-state index contributed by atoms with van der Waals surface area (Å²) in [5, 5.41) is 0. The number of ketones is 1. The topological polar surface area (TPSA) is 17.1 Å². The van der Waals surface area contributed by atoms with Crippen LogP contribution in [0.2, 0.25) is 0 Å². The molecule has 0 amide bonds. The van der Waals surface area contributed by atoms with Crippen LogP contribution in [0, 0.1) is 10.8 Å². The summed E-state index contributed by atoms with van der Waals surface area (Å²) in [7, 11) is 0. The highest BCUT2D eigenvalue weighted by atomic mass is 16.1. The molecule has 2 atom stereocenters. The Morgan fingerprint density at radius 2 is 1.69 bits per heavy atom. The van der Waals surface area contributed by atoms with E-state index in [9.17, 15) is 4.79 Å². The second kappa shape index (κ2) is 2.26. The van der Waals surface area contributed by atoms with Gasteiger partial charge in [-0.15, -0.1) is 0 Å². The van der Waals surface area contributed by atoms with Crippen LogP contribution in [0.25, 0.3) is 0 Å². The summed E-state index contributed by atoms with van der Waals surface area (Å²) in [5.41, 5.74) is 0.805. The predicted molar refractivity (Wildman–Crippen MR) is 51.3 cm³/mol. The third kappa shape index (κ3) is 0.806. The summed E-state index contributed by atoms with van der Waals surface area (Å²) >= 11 is 0. The highest BCUT2D eigenvalue weighted by Crippen LogP contribution is 2.65. The van der Waals surface area contributed by atoms with Crippen LogP contribution in [0.4, 0.5) is 0 Å². The van der Waals surface area contributed by atoms with Gasteiger partial charge in [0, 0.05) is 18.3 Å². The van der Waals surface area contributed by atoms with Crippen LogP contribution in [0.3, 0.4) is 0 Å². The smallest absolute Gasteiger partial charge is 0.133 e. The van der Waals surface area contributed by atoms with Gasteiger partial charge in [-0.05, 0) is 24.7 Å². The third-order valence-electron chi connectivity index (χ3n) is 4.57. The zero-order valence-corrected chi connectivity index (χ0v) is 8.01. The SMILES string of the molecule is O=C1CC[C@@]23C=C[C@]2(CCCC3)C1. The lowest BCUT2D eigenvalue weighted by molar-refractivity contribution is -0.130. The number of carbonyl (C=O) groups is 1. The van der Waals surface area contributed by atoms with Crippen molar-refractivity contribution in [2.24, 2.45) is 10.8 Å². The van der Waals surface area contributed by atoms with Crippen LogP contribution in [0.1, 0.15) is 44.9 Å². The van der Waals surface area contributed by atoms with Crippen molar-refractivity contribution in [1.82, 2.24) is 0 Å². The first-order valence-corrected chi connectivity index (χ1v) is 5.49. The largest absolute Gasteiger partial charge is 0.300 e. The minimum absolute atomic E-state index is 0.334. The van der Waals surface area contributed by atoms with Crippen molar-refractivity contribution in [3.63, 3.8) is 0 Å². The monoisotopic (exact) mass is 176 g/mol. The van der Waals surface area contributed by atoms with Gasteiger partial charge in [-0.2, -0.15) is 0 Å². The fourth-order valence-electron chi connectivity index (χ4n) is 3.68. The van der Waals surface area contributed by atoms with E-state index in [0.717, 1.165) is 19.3 Å². The first-order chi connectivity index (χ1) is 6.27. The number of carbonyl (C=O) groups excluding carboxylic acids is 1. The van der Waals surface area contributed by atoms with E-state index in [-0.39, 0.29) is 0 Å². The van der Waals surface area contributed by atoms with Crippen molar-refractivity contribution in [2.75, 3.05) is 0 Å². The van der Waals surface area contributed by atoms with Crippen molar-refractivity contribution in [1.29, 1.82) is 0 Å². The standard InChI is InChI=1S/C12H16O/c13-10-3-6-11-4-1-2-5-12(11,9-10)8-7-11/h7-8H,1-6,9H2/t11-,12+/m0/s1. The second-order valence-corrected chi connectivity index (χ2v) is 5.07. The van der Waals surface area contributed by atoms with E-state index in [1.807, 2.05) is 0 Å². The molecular weight excluding hydrogens is 160 g/mol. The van der Waals surface area contributed by atoms with E-state index < -0.39 is 0 Å². The molecule has 13 heavy (non-hydrogen) atoms. The quantitative estimate of drug-likeness (QED) is 0.519. The molecule has 0 saturated heterocycles. The van der Waals surface area contributed by atoms with Crippen molar-refractivity contribution in [3.05, 3.63) is 12.2 Å². The molecule has 0 aromatic carbocycles. The minimum atomic E-state index is 0.334. The first-order valence-electron chi connectivity index (χ1n) is 5.49. The predicted octanol–water partition coefficient (Wildman–Crippen LogP) is 2.86. The highest BCUT2D eigenvalue weighted by molar-refractivity contribution is 5.81. The zero-order valence-electron chi connectivity index (χ0n) is 8.01. The summed E-state index contributed by atoms with van der Waals surface area (Å²) in [5.74, 6) is 0.502. The summed E-state index contributed by atoms with van der Waals surface area (Å²) < 4.78 is 0. The van der Waals surface area contributed by atoms with Gasteiger partial charge < -0.3 is 0 Å². The number of hydrogen-bond acceptors (Lipinski definition) is 1. The van der Waals surface area contributed by atoms with Gasteiger partial charge in [0.2, 0.25) is 0 Å². The molecule has 2 fully saturated rings. The minimum Gasteiger partial charge on any atom is -0.300 e. The molecule has 70 valence electrons. The summed E-state index contributed by atoms with van der Waals surface area (Å²) in [6.07, 6.45) is 12.9. The van der Waals surface area contributed by atoms with E-state index in [0.29, 0.717) is 16.6 Å². The average Bonchev–Trinajstić information content (AvgIpc) is 2.11. The van der Waals surface area contributed by atoms with Crippen LogP contribution in [0.15, 0.2) is 12.2 Å². The molecule has 0 aromatic heterocycles. The molecule has 3 rings (SSSR count). The molecule has 0 radical (unpaired) electrons. The van der Waals surface area contributed by atoms with Crippen LogP contribution in [0.5, 0.6) is 0 Å². The zero-order chi connectivity index (χ0) is 8.94. The number of Topliss-reactive ketones (excluding diaryl/α,β-unsaturated/α-hetero) is 1. The molecule has 0 spiro atoms. The fourth-order valence-corrected chi connectivity index (χ4v) is 3.68. The lowest BCUT2D eigenvalue weighted by Crippen LogP contribution is -2.52. The number of rotatable bonds is 0. The Kier molecular flexibility index (Phi) is 1.35. The molecule has 3 aliphatic carbocycles. The molecule has 0 aromatic rings. The molecule has 1 heteroatoms. The molecule has 0 N–H and O–H groups in total. The van der Waals surface area contributed by atoms with Gasteiger partial charge in [0.15, 0.2) is 0 Å². The number of allylic oxidation sites excluding steroid dienone is 2. The van der Waals surface area contributed by atoms with E-state index in [1.54, 1.807) is 0 Å². The second-order valence-electron chi connectivity index (χ2n) is 5.07.